The van der Waals surface area contributed by atoms with Crippen molar-refractivity contribution in [2.75, 3.05) is 0 Å². The van der Waals surface area contributed by atoms with E-state index in [0.717, 1.165) is 12.8 Å². The molecule has 0 aromatic heterocycles. The van der Waals surface area contributed by atoms with Crippen LogP contribution in [0.2, 0.25) is 0 Å². The minimum atomic E-state index is -0.697. The molecule has 0 aromatic carbocycles. The summed E-state index contributed by atoms with van der Waals surface area (Å²) < 4.78 is 0. The molecular formula is C12H18N2O3. The summed E-state index contributed by atoms with van der Waals surface area (Å²) in [6.45, 7) is 0. The zero-order valence-corrected chi connectivity index (χ0v) is 9.83. The number of barbiturate groups is 1. The summed E-state index contributed by atoms with van der Waals surface area (Å²) in [5, 5.41) is 4.31. The van der Waals surface area contributed by atoms with E-state index >= 15 is 0 Å². The van der Waals surface area contributed by atoms with Gasteiger partial charge in [0.25, 0.3) is 0 Å². The Hall–Kier alpha value is -1.39. The third kappa shape index (κ3) is 3.05. The quantitative estimate of drug-likeness (QED) is 0.563. The Labute approximate surface area is 100 Å². The maximum atomic E-state index is 11.6. The summed E-state index contributed by atoms with van der Waals surface area (Å²) in [6, 6.07) is -0.697. The minimum absolute atomic E-state index is 0.437. The molecule has 5 nitrogen and oxygen atoms in total. The van der Waals surface area contributed by atoms with Gasteiger partial charge in [0.1, 0.15) is 5.92 Å². The predicted octanol–water partition coefficient (Wildman–Crippen LogP) is 1.33. The summed E-state index contributed by atoms with van der Waals surface area (Å²) in [5.41, 5.74) is 0. The maximum absolute atomic E-state index is 11.6. The van der Waals surface area contributed by atoms with Crippen LogP contribution >= 0.6 is 0 Å². The van der Waals surface area contributed by atoms with E-state index in [-0.39, 0.29) is 0 Å². The number of carbonyl (C=O) groups is 3. The fourth-order valence-corrected chi connectivity index (χ4v) is 2.70. The van der Waals surface area contributed by atoms with Gasteiger partial charge in [0.05, 0.1) is 0 Å². The fourth-order valence-electron chi connectivity index (χ4n) is 2.70. The Kier molecular flexibility index (Phi) is 3.76. The first-order valence-electron chi connectivity index (χ1n) is 6.32. The molecule has 0 aromatic rings. The highest BCUT2D eigenvalue weighted by atomic mass is 16.2. The summed E-state index contributed by atoms with van der Waals surface area (Å²) in [4.78, 5) is 34.1. The van der Waals surface area contributed by atoms with Crippen LogP contribution in [0.4, 0.5) is 4.79 Å². The molecule has 1 saturated carbocycles. The number of amides is 4. The van der Waals surface area contributed by atoms with Gasteiger partial charge in [-0.2, -0.15) is 0 Å². The molecule has 0 atom stereocenters. The van der Waals surface area contributed by atoms with Gasteiger partial charge in [-0.15, -0.1) is 0 Å². The van der Waals surface area contributed by atoms with Crippen LogP contribution in [0.25, 0.3) is 0 Å². The lowest BCUT2D eigenvalue weighted by molar-refractivity contribution is -0.136. The molecule has 5 heteroatoms. The number of imide groups is 2. The van der Waals surface area contributed by atoms with E-state index in [2.05, 4.69) is 10.6 Å². The molecule has 0 unspecified atom stereocenters. The van der Waals surface area contributed by atoms with Gasteiger partial charge in [-0.3, -0.25) is 20.2 Å². The molecule has 2 rings (SSSR count). The SMILES string of the molecule is O=C1NC(=O)C(CC2CCCCCC2)C(=O)N1. The third-order valence-corrected chi connectivity index (χ3v) is 3.65. The van der Waals surface area contributed by atoms with Crippen molar-refractivity contribution in [3.05, 3.63) is 0 Å². The molecule has 2 aliphatic rings. The first-order valence-corrected chi connectivity index (χ1v) is 6.32. The van der Waals surface area contributed by atoms with Gasteiger partial charge in [-0.25, -0.2) is 4.79 Å². The van der Waals surface area contributed by atoms with Crippen molar-refractivity contribution in [3.8, 4) is 0 Å². The average Bonchev–Trinajstić information content (AvgIpc) is 2.51. The Morgan fingerprint density at radius 1 is 0.882 bits per heavy atom. The van der Waals surface area contributed by atoms with Crippen LogP contribution < -0.4 is 10.6 Å². The lowest BCUT2D eigenvalue weighted by atomic mass is 9.87. The third-order valence-electron chi connectivity index (χ3n) is 3.65. The monoisotopic (exact) mass is 238 g/mol. The second kappa shape index (κ2) is 5.29. The zero-order chi connectivity index (χ0) is 12.3. The van der Waals surface area contributed by atoms with Crippen molar-refractivity contribution in [1.29, 1.82) is 0 Å². The fraction of sp³-hybridized carbons (Fsp3) is 0.750. The summed E-state index contributed by atoms with van der Waals surface area (Å²) in [7, 11) is 0. The second-order valence-electron chi connectivity index (χ2n) is 4.95. The highest BCUT2D eigenvalue weighted by Crippen LogP contribution is 2.28. The van der Waals surface area contributed by atoms with Crippen LogP contribution in [0.15, 0.2) is 0 Å². The van der Waals surface area contributed by atoms with E-state index in [1.165, 1.54) is 25.7 Å². The molecule has 1 aliphatic heterocycles. The zero-order valence-electron chi connectivity index (χ0n) is 9.83. The number of urea groups is 1. The Bertz CT molecular complexity index is 313. The Morgan fingerprint density at radius 3 is 1.94 bits per heavy atom. The first kappa shape index (κ1) is 12.1. The van der Waals surface area contributed by atoms with Crippen LogP contribution in [-0.4, -0.2) is 17.8 Å². The Morgan fingerprint density at radius 2 is 1.41 bits per heavy atom. The molecule has 2 fully saturated rings. The van der Waals surface area contributed by atoms with Crippen LogP contribution in [0.5, 0.6) is 0 Å². The van der Waals surface area contributed by atoms with E-state index in [1.807, 2.05) is 0 Å². The molecule has 94 valence electrons. The van der Waals surface area contributed by atoms with Crippen molar-refractivity contribution in [1.82, 2.24) is 10.6 Å². The number of hydrogen-bond acceptors (Lipinski definition) is 3. The van der Waals surface area contributed by atoms with Crippen molar-refractivity contribution in [3.63, 3.8) is 0 Å². The second-order valence-corrected chi connectivity index (χ2v) is 4.95. The average molecular weight is 238 g/mol. The number of carbonyl (C=O) groups excluding carboxylic acids is 3. The Balaban J connectivity index is 1.94. The normalized spacial score (nSPS) is 24.1. The van der Waals surface area contributed by atoms with E-state index in [0.29, 0.717) is 12.3 Å². The van der Waals surface area contributed by atoms with E-state index in [4.69, 9.17) is 0 Å². The molecule has 1 aliphatic carbocycles. The number of hydrogen-bond donors (Lipinski definition) is 2. The summed E-state index contributed by atoms with van der Waals surface area (Å²) in [5.74, 6) is -1.13. The van der Waals surface area contributed by atoms with Crippen LogP contribution in [-0.2, 0) is 9.59 Å². The minimum Gasteiger partial charge on any atom is -0.277 e. The van der Waals surface area contributed by atoms with Gasteiger partial charge in [0, 0.05) is 0 Å². The highest BCUT2D eigenvalue weighted by molar-refractivity contribution is 6.16. The first-order chi connectivity index (χ1) is 8.16. The lowest BCUT2D eigenvalue weighted by Crippen LogP contribution is -2.56. The van der Waals surface area contributed by atoms with Gasteiger partial charge in [0.2, 0.25) is 11.8 Å². The van der Waals surface area contributed by atoms with Crippen LogP contribution in [0.3, 0.4) is 0 Å². The molecule has 0 radical (unpaired) electrons. The van der Waals surface area contributed by atoms with E-state index in [9.17, 15) is 14.4 Å². The van der Waals surface area contributed by atoms with Crippen molar-refractivity contribution >= 4 is 17.8 Å². The van der Waals surface area contributed by atoms with E-state index < -0.39 is 23.8 Å². The number of nitrogens with one attached hydrogen (secondary N) is 2. The molecule has 17 heavy (non-hydrogen) atoms. The molecule has 1 saturated heterocycles. The largest absolute Gasteiger partial charge is 0.328 e. The van der Waals surface area contributed by atoms with Gasteiger partial charge in [0.15, 0.2) is 0 Å². The molecular weight excluding hydrogens is 220 g/mol. The molecule has 0 spiro atoms. The topological polar surface area (TPSA) is 75.3 Å². The lowest BCUT2D eigenvalue weighted by Gasteiger charge is -2.24. The maximum Gasteiger partial charge on any atom is 0.328 e. The van der Waals surface area contributed by atoms with Crippen molar-refractivity contribution in [2.24, 2.45) is 11.8 Å². The molecule has 4 amide bonds. The predicted molar refractivity (Wildman–Crippen MR) is 61.0 cm³/mol. The van der Waals surface area contributed by atoms with Gasteiger partial charge in [-0.05, 0) is 12.3 Å². The molecule has 1 heterocycles. The standard InChI is InChI=1S/C12H18N2O3/c15-10-9(11(16)14-12(17)13-10)7-8-5-3-1-2-4-6-8/h8-9H,1-7H2,(H2,13,14,15,16,17). The molecule has 0 bridgehead atoms. The van der Waals surface area contributed by atoms with Crippen molar-refractivity contribution < 1.29 is 14.4 Å². The van der Waals surface area contributed by atoms with Gasteiger partial charge >= 0.3 is 6.03 Å². The smallest absolute Gasteiger partial charge is 0.277 e. The summed E-state index contributed by atoms with van der Waals surface area (Å²) in [6.07, 6.45) is 7.61. The van der Waals surface area contributed by atoms with Gasteiger partial charge < -0.3 is 0 Å². The van der Waals surface area contributed by atoms with E-state index in [1.54, 1.807) is 0 Å². The van der Waals surface area contributed by atoms with Crippen LogP contribution in [0, 0.1) is 11.8 Å². The van der Waals surface area contributed by atoms with Crippen LogP contribution in [0.1, 0.15) is 44.9 Å². The number of rotatable bonds is 2. The van der Waals surface area contributed by atoms with Crippen molar-refractivity contribution in [2.45, 2.75) is 44.9 Å². The van der Waals surface area contributed by atoms with Gasteiger partial charge in [-0.1, -0.05) is 38.5 Å². The molecule has 2 N–H and O–H groups in total. The highest BCUT2D eigenvalue weighted by Gasteiger charge is 2.35. The summed E-state index contributed by atoms with van der Waals surface area (Å²) >= 11 is 0.